The first kappa shape index (κ1) is 24.0. The lowest BCUT2D eigenvalue weighted by Gasteiger charge is -2.05. The van der Waals surface area contributed by atoms with Crippen LogP contribution >= 0.6 is 0 Å². The van der Waals surface area contributed by atoms with Gasteiger partial charge >= 0.3 is 0 Å². The molecule has 0 aliphatic heterocycles. The molecule has 0 aromatic heterocycles. The van der Waals surface area contributed by atoms with Crippen LogP contribution in [0.15, 0.2) is 23.3 Å². The van der Waals surface area contributed by atoms with Crippen LogP contribution in [-0.4, -0.2) is 0 Å². The highest BCUT2D eigenvalue weighted by molar-refractivity contribution is 5.30. The standard InChI is InChI=1S/C25H44/c1-5-8-11-14-15-16-19-22-25(21-18-13-10-7-3)23-24(4)20-17-12-9-6-2/h22-23H,5-15,17-18,20-21H2,1-4H3/b24-23+,25-22+. The quantitative estimate of drug-likeness (QED) is 0.158. The molecule has 0 radical (unpaired) electrons. The van der Waals surface area contributed by atoms with E-state index in [1.807, 2.05) is 0 Å². The summed E-state index contributed by atoms with van der Waals surface area (Å²) in [5, 5.41) is 0. The number of unbranched alkanes of at least 4 members (excludes halogenated alkanes) is 10. The van der Waals surface area contributed by atoms with Crippen molar-refractivity contribution in [3.8, 4) is 11.8 Å². The zero-order valence-electron chi connectivity index (χ0n) is 17.8. The minimum atomic E-state index is 1.05. The lowest BCUT2D eigenvalue weighted by atomic mass is 10.0. The maximum absolute atomic E-state index is 3.35. The van der Waals surface area contributed by atoms with Gasteiger partial charge in [0.1, 0.15) is 0 Å². The van der Waals surface area contributed by atoms with Gasteiger partial charge in [-0.25, -0.2) is 0 Å². The van der Waals surface area contributed by atoms with Crippen molar-refractivity contribution in [1.82, 2.24) is 0 Å². The Morgan fingerprint density at radius 2 is 1.24 bits per heavy atom. The van der Waals surface area contributed by atoms with Crippen LogP contribution in [-0.2, 0) is 0 Å². The van der Waals surface area contributed by atoms with Crippen molar-refractivity contribution < 1.29 is 0 Å². The normalized spacial score (nSPS) is 12.2. The summed E-state index contributed by atoms with van der Waals surface area (Å²) in [4.78, 5) is 0. The third-order valence-corrected chi connectivity index (χ3v) is 4.69. The van der Waals surface area contributed by atoms with Crippen molar-refractivity contribution in [1.29, 1.82) is 0 Å². The summed E-state index contributed by atoms with van der Waals surface area (Å²) in [7, 11) is 0. The van der Waals surface area contributed by atoms with E-state index in [2.05, 4.69) is 51.7 Å². The predicted octanol–water partition coefficient (Wildman–Crippen LogP) is 8.77. The fourth-order valence-electron chi connectivity index (χ4n) is 3.02. The molecule has 144 valence electrons. The summed E-state index contributed by atoms with van der Waals surface area (Å²) in [5.41, 5.74) is 2.98. The van der Waals surface area contributed by atoms with Crippen LogP contribution in [0.3, 0.4) is 0 Å². The highest BCUT2D eigenvalue weighted by atomic mass is 14.0. The molecule has 0 spiro atoms. The molecule has 0 aromatic carbocycles. The molecule has 0 nitrogen and oxygen atoms in total. The zero-order chi connectivity index (χ0) is 18.6. The van der Waals surface area contributed by atoms with Gasteiger partial charge in [0, 0.05) is 6.42 Å². The maximum atomic E-state index is 3.35. The molecule has 0 amide bonds. The van der Waals surface area contributed by atoms with Crippen LogP contribution in [0.5, 0.6) is 0 Å². The van der Waals surface area contributed by atoms with Crippen molar-refractivity contribution in [3.63, 3.8) is 0 Å². The van der Waals surface area contributed by atoms with Crippen molar-refractivity contribution >= 4 is 0 Å². The first-order valence-corrected chi connectivity index (χ1v) is 11.1. The minimum Gasteiger partial charge on any atom is -0.0985 e. The molecule has 0 aliphatic rings. The summed E-state index contributed by atoms with van der Waals surface area (Å²) < 4.78 is 0. The second-order valence-electron chi connectivity index (χ2n) is 7.46. The van der Waals surface area contributed by atoms with Gasteiger partial charge in [0.15, 0.2) is 0 Å². The van der Waals surface area contributed by atoms with Crippen LogP contribution in [0.25, 0.3) is 0 Å². The maximum Gasteiger partial charge on any atom is 0.00922 e. The van der Waals surface area contributed by atoms with E-state index >= 15 is 0 Å². The SMILES string of the molecule is CCCCCCC#C/C=C(/C=C(\C)CCCCCC)CCCCCC. The molecule has 0 saturated heterocycles. The highest BCUT2D eigenvalue weighted by Gasteiger charge is 1.97. The Hall–Kier alpha value is -0.960. The van der Waals surface area contributed by atoms with Crippen LogP contribution < -0.4 is 0 Å². The van der Waals surface area contributed by atoms with E-state index in [1.54, 1.807) is 0 Å². The number of rotatable bonds is 15. The van der Waals surface area contributed by atoms with Crippen molar-refractivity contribution in [2.24, 2.45) is 0 Å². The first-order chi connectivity index (χ1) is 12.2. The van der Waals surface area contributed by atoms with Crippen molar-refractivity contribution in [2.45, 2.75) is 124 Å². The predicted molar refractivity (Wildman–Crippen MR) is 116 cm³/mol. The third-order valence-electron chi connectivity index (χ3n) is 4.69. The van der Waals surface area contributed by atoms with Crippen LogP contribution in [0.4, 0.5) is 0 Å². The largest absolute Gasteiger partial charge is 0.0985 e. The van der Waals surface area contributed by atoms with E-state index in [0.29, 0.717) is 0 Å². The molecule has 0 heterocycles. The van der Waals surface area contributed by atoms with E-state index in [0.717, 1.165) is 6.42 Å². The average molecular weight is 345 g/mol. The minimum absolute atomic E-state index is 1.05. The summed E-state index contributed by atoms with van der Waals surface area (Å²) >= 11 is 0. The number of allylic oxidation sites excluding steroid dienone is 4. The van der Waals surface area contributed by atoms with Gasteiger partial charge < -0.3 is 0 Å². The molecular weight excluding hydrogens is 300 g/mol. The Morgan fingerprint density at radius 3 is 1.84 bits per heavy atom. The summed E-state index contributed by atoms with van der Waals surface area (Å²) in [6.07, 6.45) is 24.1. The lowest BCUT2D eigenvalue weighted by Crippen LogP contribution is -1.86. The monoisotopic (exact) mass is 344 g/mol. The fourth-order valence-corrected chi connectivity index (χ4v) is 3.02. The van der Waals surface area contributed by atoms with Gasteiger partial charge in [0.25, 0.3) is 0 Å². The van der Waals surface area contributed by atoms with Crippen LogP contribution in [0, 0.1) is 11.8 Å². The molecule has 0 bridgehead atoms. The van der Waals surface area contributed by atoms with Gasteiger partial charge in [-0.2, -0.15) is 0 Å². The Morgan fingerprint density at radius 1 is 0.680 bits per heavy atom. The van der Waals surface area contributed by atoms with E-state index in [-0.39, 0.29) is 0 Å². The molecule has 0 aromatic rings. The molecular formula is C25H44. The topological polar surface area (TPSA) is 0 Å². The van der Waals surface area contributed by atoms with Crippen LogP contribution in [0.2, 0.25) is 0 Å². The first-order valence-electron chi connectivity index (χ1n) is 11.1. The van der Waals surface area contributed by atoms with Crippen molar-refractivity contribution in [3.05, 3.63) is 23.3 Å². The van der Waals surface area contributed by atoms with E-state index in [1.165, 1.54) is 101 Å². The molecule has 0 fully saturated rings. The van der Waals surface area contributed by atoms with E-state index in [4.69, 9.17) is 0 Å². The van der Waals surface area contributed by atoms with E-state index in [9.17, 15) is 0 Å². The second-order valence-corrected chi connectivity index (χ2v) is 7.46. The molecule has 25 heavy (non-hydrogen) atoms. The molecule has 0 aliphatic carbocycles. The summed E-state index contributed by atoms with van der Waals surface area (Å²) in [5.74, 6) is 6.68. The third kappa shape index (κ3) is 17.6. The van der Waals surface area contributed by atoms with Crippen molar-refractivity contribution in [2.75, 3.05) is 0 Å². The molecule has 0 saturated carbocycles. The Labute approximate surface area is 159 Å². The average Bonchev–Trinajstić information content (AvgIpc) is 2.61. The number of hydrogen-bond donors (Lipinski definition) is 0. The van der Waals surface area contributed by atoms with Crippen LogP contribution in [0.1, 0.15) is 124 Å². The van der Waals surface area contributed by atoms with Gasteiger partial charge in [-0.3, -0.25) is 0 Å². The lowest BCUT2D eigenvalue weighted by molar-refractivity contribution is 0.660. The summed E-state index contributed by atoms with van der Waals surface area (Å²) in [6.45, 7) is 9.11. The van der Waals surface area contributed by atoms with Gasteiger partial charge in [0.05, 0.1) is 0 Å². The van der Waals surface area contributed by atoms with Gasteiger partial charge in [-0.15, -0.1) is 0 Å². The smallest absolute Gasteiger partial charge is 0.00922 e. The van der Waals surface area contributed by atoms with Gasteiger partial charge in [-0.1, -0.05) is 102 Å². The zero-order valence-corrected chi connectivity index (χ0v) is 17.8. The molecule has 0 atom stereocenters. The summed E-state index contributed by atoms with van der Waals surface area (Å²) in [6, 6.07) is 0. The van der Waals surface area contributed by atoms with E-state index < -0.39 is 0 Å². The van der Waals surface area contributed by atoms with Gasteiger partial charge in [-0.05, 0) is 50.7 Å². The van der Waals surface area contributed by atoms with Gasteiger partial charge in [0.2, 0.25) is 0 Å². The Balaban J connectivity index is 4.46. The Bertz CT molecular complexity index is 399. The second kappa shape index (κ2) is 19.4. The molecule has 0 unspecified atom stereocenters. The molecule has 0 rings (SSSR count). The number of hydrogen-bond acceptors (Lipinski definition) is 0. The molecule has 0 heteroatoms. The Kier molecular flexibility index (Phi) is 18.6. The highest BCUT2D eigenvalue weighted by Crippen LogP contribution is 2.16. The molecule has 0 N–H and O–H groups in total. The fraction of sp³-hybridized carbons (Fsp3) is 0.760.